The molecule has 0 unspecified atom stereocenters. The molecule has 112 valence electrons. The standard InChI is InChI=1S/C13H21N3O3S/c1-2-19-13(18)9-12-16(11(17)10-20-12)8-7-15-5-3-14-4-6-15/h9,14H,2-8,10H2,1H3/p+2/b12-9-. The fourth-order valence-corrected chi connectivity index (χ4v) is 3.41. The Bertz CT molecular complexity index is 394. The average molecular weight is 301 g/mol. The van der Waals surface area contributed by atoms with Crippen LogP contribution in [0.4, 0.5) is 0 Å². The Labute approximate surface area is 123 Å². The number of carbonyl (C=O) groups is 2. The first-order valence-electron chi connectivity index (χ1n) is 7.17. The summed E-state index contributed by atoms with van der Waals surface area (Å²) in [6.07, 6.45) is 1.44. The van der Waals surface area contributed by atoms with Gasteiger partial charge in [-0.15, -0.1) is 0 Å². The molecule has 0 bridgehead atoms. The molecule has 6 nitrogen and oxygen atoms in total. The quantitative estimate of drug-likeness (QED) is 0.433. The molecule has 0 aromatic carbocycles. The normalized spacial score (nSPS) is 22.6. The van der Waals surface area contributed by atoms with E-state index in [0.717, 1.165) is 37.8 Å². The number of nitrogens with one attached hydrogen (secondary N) is 1. The Morgan fingerprint density at radius 3 is 2.95 bits per heavy atom. The second-order valence-electron chi connectivity index (χ2n) is 4.93. The molecule has 0 radical (unpaired) electrons. The largest absolute Gasteiger partial charge is 0.463 e. The number of thioether (sulfide) groups is 1. The van der Waals surface area contributed by atoms with Crippen molar-refractivity contribution in [1.82, 2.24) is 4.90 Å². The van der Waals surface area contributed by atoms with Gasteiger partial charge in [-0.3, -0.25) is 4.79 Å². The predicted octanol–water partition coefficient (Wildman–Crippen LogP) is -2.57. The maximum atomic E-state index is 11.9. The SMILES string of the molecule is CCOC(=O)/C=C1\SCC(=O)N1CC[NH+]1CC[NH2+]CC1. The molecule has 2 aliphatic rings. The molecule has 0 aromatic rings. The topological polar surface area (TPSA) is 67.7 Å². The molecule has 20 heavy (non-hydrogen) atoms. The van der Waals surface area contributed by atoms with Gasteiger partial charge in [0.25, 0.3) is 0 Å². The van der Waals surface area contributed by atoms with E-state index < -0.39 is 0 Å². The third-order valence-corrected chi connectivity index (χ3v) is 4.56. The molecule has 2 fully saturated rings. The first kappa shape index (κ1) is 15.3. The molecule has 2 heterocycles. The van der Waals surface area contributed by atoms with E-state index >= 15 is 0 Å². The lowest BCUT2D eigenvalue weighted by atomic mass is 10.3. The van der Waals surface area contributed by atoms with Gasteiger partial charge in [0.05, 0.1) is 36.6 Å². The highest BCUT2D eigenvalue weighted by Gasteiger charge is 2.28. The third-order valence-electron chi connectivity index (χ3n) is 3.53. The summed E-state index contributed by atoms with van der Waals surface area (Å²) in [6, 6.07) is 0. The fraction of sp³-hybridized carbons (Fsp3) is 0.692. The van der Waals surface area contributed by atoms with Crippen LogP contribution in [0.5, 0.6) is 0 Å². The summed E-state index contributed by atoms with van der Waals surface area (Å²) in [5.74, 6) is 0.150. The van der Waals surface area contributed by atoms with Gasteiger partial charge in [0.1, 0.15) is 26.2 Å². The molecule has 0 aliphatic carbocycles. The van der Waals surface area contributed by atoms with Crippen molar-refractivity contribution in [2.45, 2.75) is 6.92 Å². The minimum absolute atomic E-state index is 0.0912. The summed E-state index contributed by atoms with van der Waals surface area (Å²) in [6.45, 7) is 8.37. The minimum Gasteiger partial charge on any atom is -0.463 e. The van der Waals surface area contributed by atoms with Gasteiger partial charge in [0.2, 0.25) is 5.91 Å². The van der Waals surface area contributed by atoms with Crippen LogP contribution in [0.25, 0.3) is 0 Å². The van der Waals surface area contributed by atoms with Crippen molar-refractivity contribution in [1.29, 1.82) is 0 Å². The Morgan fingerprint density at radius 2 is 2.25 bits per heavy atom. The van der Waals surface area contributed by atoms with E-state index in [1.54, 1.807) is 11.8 Å². The van der Waals surface area contributed by atoms with Gasteiger partial charge in [0, 0.05) is 0 Å². The van der Waals surface area contributed by atoms with E-state index in [4.69, 9.17) is 4.74 Å². The number of piperazine rings is 1. The summed E-state index contributed by atoms with van der Waals surface area (Å²) in [7, 11) is 0. The molecular weight excluding hydrogens is 278 g/mol. The summed E-state index contributed by atoms with van der Waals surface area (Å²) in [5.41, 5.74) is 0. The number of rotatable bonds is 5. The molecule has 7 heteroatoms. The zero-order valence-corrected chi connectivity index (χ0v) is 12.7. The minimum atomic E-state index is -0.366. The smallest absolute Gasteiger partial charge is 0.333 e. The van der Waals surface area contributed by atoms with E-state index in [1.807, 2.05) is 0 Å². The van der Waals surface area contributed by atoms with Gasteiger partial charge in [-0.2, -0.15) is 0 Å². The van der Waals surface area contributed by atoms with E-state index in [2.05, 4.69) is 5.32 Å². The van der Waals surface area contributed by atoms with E-state index in [-0.39, 0.29) is 11.9 Å². The molecule has 1 amide bonds. The number of hydrogen-bond donors (Lipinski definition) is 2. The van der Waals surface area contributed by atoms with Crippen LogP contribution in [0.2, 0.25) is 0 Å². The maximum absolute atomic E-state index is 11.9. The molecular formula is C13H23N3O3S+2. The lowest BCUT2D eigenvalue weighted by molar-refractivity contribution is -0.946. The molecule has 2 saturated heterocycles. The zero-order chi connectivity index (χ0) is 14.4. The summed E-state index contributed by atoms with van der Waals surface area (Å²) in [4.78, 5) is 26.7. The first-order chi connectivity index (χ1) is 9.70. The monoisotopic (exact) mass is 301 g/mol. The summed E-state index contributed by atoms with van der Waals surface area (Å²) in [5, 5.41) is 3.06. The van der Waals surface area contributed by atoms with E-state index in [1.165, 1.54) is 22.7 Å². The van der Waals surface area contributed by atoms with Crippen molar-refractivity contribution in [3.63, 3.8) is 0 Å². The fourth-order valence-electron chi connectivity index (χ4n) is 2.46. The molecule has 0 saturated carbocycles. The second kappa shape index (κ2) is 7.66. The van der Waals surface area contributed by atoms with Crippen molar-refractivity contribution in [2.24, 2.45) is 0 Å². The molecule has 0 aromatic heterocycles. The number of carbonyl (C=O) groups excluding carboxylic acids is 2. The van der Waals surface area contributed by atoms with Crippen molar-refractivity contribution in [3.05, 3.63) is 11.1 Å². The van der Waals surface area contributed by atoms with Crippen molar-refractivity contribution < 1.29 is 24.5 Å². The Balaban J connectivity index is 1.89. The van der Waals surface area contributed by atoms with Crippen LogP contribution in [-0.2, 0) is 14.3 Å². The maximum Gasteiger partial charge on any atom is 0.333 e. The van der Waals surface area contributed by atoms with Crippen LogP contribution in [0.15, 0.2) is 11.1 Å². The van der Waals surface area contributed by atoms with Gasteiger partial charge in [0.15, 0.2) is 0 Å². The molecule has 2 aliphatic heterocycles. The van der Waals surface area contributed by atoms with Gasteiger partial charge in [-0.25, -0.2) is 4.79 Å². The Kier molecular flexibility index (Phi) is 5.87. The van der Waals surface area contributed by atoms with Gasteiger partial charge < -0.3 is 19.9 Å². The van der Waals surface area contributed by atoms with E-state index in [0.29, 0.717) is 18.9 Å². The van der Waals surface area contributed by atoms with Gasteiger partial charge in [-0.05, 0) is 6.92 Å². The number of ether oxygens (including phenoxy) is 1. The molecule has 0 atom stereocenters. The summed E-state index contributed by atoms with van der Waals surface area (Å²) < 4.78 is 4.91. The number of esters is 1. The van der Waals surface area contributed by atoms with Crippen LogP contribution in [0.3, 0.4) is 0 Å². The number of nitrogens with two attached hydrogens (primary N) is 1. The number of quaternary nitrogens is 2. The lowest BCUT2D eigenvalue weighted by Crippen LogP contribution is -3.20. The van der Waals surface area contributed by atoms with Gasteiger partial charge in [-0.1, -0.05) is 11.8 Å². The number of hydrogen-bond acceptors (Lipinski definition) is 4. The molecule has 3 N–H and O–H groups in total. The zero-order valence-electron chi connectivity index (χ0n) is 11.9. The predicted molar refractivity (Wildman–Crippen MR) is 76.1 cm³/mol. The number of amides is 1. The van der Waals surface area contributed by atoms with Crippen molar-refractivity contribution in [3.8, 4) is 0 Å². The van der Waals surface area contributed by atoms with E-state index in [9.17, 15) is 9.59 Å². The van der Waals surface area contributed by atoms with Crippen LogP contribution in [-0.4, -0.2) is 68.4 Å². The van der Waals surface area contributed by atoms with Crippen LogP contribution >= 0.6 is 11.8 Å². The highest BCUT2D eigenvalue weighted by atomic mass is 32.2. The number of nitrogens with zero attached hydrogens (tertiary/aromatic N) is 1. The lowest BCUT2D eigenvalue weighted by Gasteiger charge is -2.24. The second-order valence-corrected chi connectivity index (χ2v) is 5.93. The Morgan fingerprint density at radius 1 is 1.50 bits per heavy atom. The Hall–Kier alpha value is -1.05. The highest BCUT2D eigenvalue weighted by molar-refractivity contribution is 8.04. The van der Waals surface area contributed by atoms with Crippen LogP contribution < -0.4 is 10.2 Å². The average Bonchev–Trinajstić information content (AvgIpc) is 2.78. The highest BCUT2D eigenvalue weighted by Crippen LogP contribution is 2.28. The van der Waals surface area contributed by atoms with Gasteiger partial charge >= 0.3 is 5.97 Å². The van der Waals surface area contributed by atoms with Crippen molar-refractivity contribution in [2.75, 3.05) is 51.6 Å². The van der Waals surface area contributed by atoms with Crippen LogP contribution in [0.1, 0.15) is 6.92 Å². The molecule has 2 rings (SSSR count). The summed E-state index contributed by atoms with van der Waals surface area (Å²) >= 11 is 1.42. The third kappa shape index (κ3) is 4.22. The first-order valence-corrected chi connectivity index (χ1v) is 8.16. The molecule has 0 spiro atoms. The van der Waals surface area contributed by atoms with Crippen molar-refractivity contribution >= 4 is 23.6 Å². The van der Waals surface area contributed by atoms with Crippen LogP contribution in [0, 0.1) is 0 Å².